The van der Waals surface area contributed by atoms with E-state index in [2.05, 4.69) is 185 Å². The molecule has 2 aromatic heterocycles. The van der Waals surface area contributed by atoms with E-state index < -0.39 is 0 Å². The maximum Gasteiger partial charge on any atom is 0.0992 e. The van der Waals surface area contributed by atoms with Crippen LogP contribution >= 0.6 is 0 Å². The minimum atomic E-state index is 0.668. The molecule has 13 aromatic rings. The molecule has 0 fully saturated rings. The first-order valence-corrected chi connectivity index (χ1v) is 20.7. The molecule has 0 amide bonds. The molecule has 3 nitrogen and oxygen atoms in total. The third kappa shape index (κ3) is 5.13. The van der Waals surface area contributed by atoms with Crippen LogP contribution in [0.25, 0.3) is 126 Å². The van der Waals surface area contributed by atoms with Crippen molar-refractivity contribution < 1.29 is 0 Å². The van der Waals surface area contributed by atoms with E-state index in [1.54, 1.807) is 0 Å². The topological polar surface area (TPSA) is 41.6 Å². The highest BCUT2D eigenvalue weighted by Crippen LogP contribution is 2.43. The van der Waals surface area contributed by atoms with Gasteiger partial charge in [-0.15, -0.1) is 0 Å². The van der Waals surface area contributed by atoms with Crippen LogP contribution in [0.2, 0.25) is 0 Å². The lowest BCUT2D eigenvalue weighted by atomic mass is 9.89. The van der Waals surface area contributed by atoms with E-state index in [4.69, 9.17) is 0 Å². The highest BCUT2D eigenvalue weighted by molar-refractivity contribution is 6.26. The predicted octanol–water partition coefficient (Wildman–Crippen LogP) is 15.4. The zero-order chi connectivity index (χ0) is 40.2. The molecule has 13 rings (SSSR count). The lowest BCUT2D eigenvalue weighted by molar-refractivity contribution is 1.18. The van der Waals surface area contributed by atoms with Crippen molar-refractivity contribution in [2.45, 2.75) is 0 Å². The summed E-state index contributed by atoms with van der Waals surface area (Å²) in [5.41, 5.74) is 14.4. The number of fused-ring (bicyclic) bond motifs is 1. The molecule has 0 N–H and O–H groups in total. The molecule has 280 valence electrons. The van der Waals surface area contributed by atoms with Crippen molar-refractivity contribution in [3.05, 3.63) is 206 Å². The molecule has 0 saturated carbocycles. The maximum absolute atomic E-state index is 9.90. The Morgan fingerprint density at radius 3 is 1.39 bits per heavy atom. The average molecular weight is 772 g/mol. The molecule has 2 heterocycles. The molecule has 0 aliphatic heterocycles. The second kappa shape index (κ2) is 12.8. The van der Waals surface area contributed by atoms with Crippen LogP contribution in [0.1, 0.15) is 5.56 Å². The summed E-state index contributed by atoms with van der Waals surface area (Å²) in [6, 6.07) is 72.8. The minimum Gasteiger partial charge on any atom is -0.309 e. The van der Waals surface area contributed by atoms with Crippen LogP contribution < -0.4 is 0 Å². The number of para-hydroxylation sites is 2. The Kier molecular flexibility index (Phi) is 7.08. The van der Waals surface area contributed by atoms with E-state index in [1.807, 2.05) is 30.5 Å². The van der Waals surface area contributed by atoms with Gasteiger partial charge >= 0.3 is 0 Å². The zero-order valence-electron chi connectivity index (χ0n) is 32.9. The molecule has 0 radical (unpaired) electrons. The van der Waals surface area contributed by atoms with Crippen molar-refractivity contribution in [3.8, 4) is 56.3 Å². The van der Waals surface area contributed by atoms with Gasteiger partial charge in [-0.05, 0) is 149 Å². The molecular weight excluding hydrogens is 739 g/mol. The number of aromatic nitrogens is 2. The summed E-state index contributed by atoms with van der Waals surface area (Å²) in [6.07, 6.45) is 1.87. The molecule has 0 unspecified atom stereocenters. The number of nitrogens with zero attached hydrogens (tertiary/aromatic N) is 3. The quantitative estimate of drug-likeness (QED) is 0.164. The fraction of sp³-hybridized carbons (Fsp3) is 0. The Hall–Kier alpha value is -8.32. The third-order valence-electron chi connectivity index (χ3n) is 12.9. The van der Waals surface area contributed by atoms with Crippen molar-refractivity contribution in [3.63, 3.8) is 0 Å². The molecule has 0 spiro atoms. The Balaban J connectivity index is 0.859. The zero-order valence-corrected chi connectivity index (χ0v) is 32.9. The highest BCUT2D eigenvalue weighted by atomic mass is 15.0. The maximum atomic E-state index is 9.90. The van der Waals surface area contributed by atoms with Crippen LogP contribution in [-0.2, 0) is 0 Å². The number of hydrogen-bond donors (Lipinski definition) is 0. The van der Waals surface area contributed by atoms with Crippen molar-refractivity contribution >= 4 is 75.8 Å². The number of hydrogen-bond acceptors (Lipinski definition) is 2. The summed E-state index contributed by atoms with van der Waals surface area (Å²) in [5.74, 6) is 0. The van der Waals surface area contributed by atoms with E-state index in [0.29, 0.717) is 5.56 Å². The minimum absolute atomic E-state index is 0.668. The highest BCUT2D eigenvalue weighted by Gasteiger charge is 2.20. The monoisotopic (exact) mass is 771 g/mol. The summed E-state index contributed by atoms with van der Waals surface area (Å²) in [7, 11) is 0. The number of rotatable bonds is 5. The van der Waals surface area contributed by atoms with Gasteiger partial charge in [0.25, 0.3) is 0 Å². The summed E-state index contributed by atoms with van der Waals surface area (Å²) in [5, 5.41) is 23.4. The van der Waals surface area contributed by atoms with Crippen LogP contribution in [0.3, 0.4) is 0 Å². The first-order valence-electron chi connectivity index (χ1n) is 20.7. The number of benzene rings is 11. The molecule has 0 aliphatic carbocycles. The number of nitriles is 1. The van der Waals surface area contributed by atoms with Crippen LogP contribution in [0, 0.1) is 11.3 Å². The van der Waals surface area contributed by atoms with E-state index in [1.165, 1.54) is 76.3 Å². The van der Waals surface area contributed by atoms with Crippen molar-refractivity contribution in [2.75, 3.05) is 0 Å². The average Bonchev–Trinajstić information content (AvgIpc) is 3.66. The molecule has 3 heteroatoms. The third-order valence-corrected chi connectivity index (χ3v) is 12.9. The van der Waals surface area contributed by atoms with Gasteiger partial charge in [0.2, 0.25) is 0 Å². The first kappa shape index (κ1) is 33.6. The molecule has 61 heavy (non-hydrogen) atoms. The van der Waals surface area contributed by atoms with Gasteiger partial charge in [-0.1, -0.05) is 127 Å². The van der Waals surface area contributed by atoms with Crippen LogP contribution in [0.4, 0.5) is 0 Å². The Morgan fingerprint density at radius 2 is 0.836 bits per heavy atom. The van der Waals surface area contributed by atoms with E-state index in [-0.39, 0.29) is 0 Å². The van der Waals surface area contributed by atoms with Gasteiger partial charge in [0.15, 0.2) is 0 Å². The van der Waals surface area contributed by atoms with Gasteiger partial charge in [-0.3, -0.25) is 4.98 Å². The SMILES string of the molecule is N#Cc1cc2ccc3cc(-c4ccc(-c5cc6ccc7cc(-c8ccc(-c9cccc%10cccnc9%10)cc8)cc8ccc(c5)c6c78)cc4)cc4c3c2c(c1)n4-c1ccccc1. The van der Waals surface area contributed by atoms with E-state index >= 15 is 0 Å². The largest absolute Gasteiger partial charge is 0.309 e. The van der Waals surface area contributed by atoms with Crippen molar-refractivity contribution in [1.82, 2.24) is 9.55 Å². The van der Waals surface area contributed by atoms with Crippen molar-refractivity contribution in [2.24, 2.45) is 0 Å². The molecule has 11 aromatic carbocycles. The second-order valence-corrected chi connectivity index (χ2v) is 16.3. The normalized spacial score (nSPS) is 11.9. The predicted molar refractivity (Wildman–Crippen MR) is 255 cm³/mol. The standard InChI is InChI=1S/C58H33N3/c59-34-35-26-41-19-24-46-32-49(33-53-57(46)56(41)52(27-35)61(53)50-8-2-1-3-9-50)38-13-11-36(12-14-38)47-28-42-20-22-44-30-48(31-45-23-21-43(29-47)54(42)55(44)45)37-15-17-39(18-16-37)51-10-4-6-40-7-5-25-60-58(40)51/h1-33H. The van der Waals surface area contributed by atoms with Crippen LogP contribution in [0.5, 0.6) is 0 Å². The fourth-order valence-electron chi connectivity index (χ4n) is 10.1. The summed E-state index contributed by atoms with van der Waals surface area (Å²) < 4.78 is 2.32. The van der Waals surface area contributed by atoms with E-state index in [0.717, 1.165) is 49.7 Å². The van der Waals surface area contributed by atoms with Crippen molar-refractivity contribution in [1.29, 1.82) is 5.26 Å². The lowest BCUT2D eigenvalue weighted by Gasteiger charge is -2.15. The Bertz CT molecular complexity index is 3840. The molecule has 0 atom stereocenters. The lowest BCUT2D eigenvalue weighted by Crippen LogP contribution is -1.94. The first-order chi connectivity index (χ1) is 30.1. The van der Waals surface area contributed by atoms with Gasteiger partial charge in [0.05, 0.1) is 28.2 Å². The molecule has 0 aliphatic rings. The summed E-state index contributed by atoms with van der Waals surface area (Å²) in [6.45, 7) is 0. The van der Waals surface area contributed by atoms with Crippen LogP contribution in [0.15, 0.2) is 200 Å². The molecular formula is C58H33N3. The summed E-state index contributed by atoms with van der Waals surface area (Å²) in [4.78, 5) is 4.68. The Morgan fingerprint density at radius 1 is 0.361 bits per heavy atom. The smallest absolute Gasteiger partial charge is 0.0992 e. The number of pyridine rings is 1. The van der Waals surface area contributed by atoms with E-state index in [9.17, 15) is 5.26 Å². The fourth-order valence-corrected chi connectivity index (χ4v) is 10.1. The van der Waals surface area contributed by atoms with Gasteiger partial charge in [-0.2, -0.15) is 5.26 Å². The van der Waals surface area contributed by atoms with Gasteiger partial charge in [0.1, 0.15) is 0 Å². The van der Waals surface area contributed by atoms with Gasteiger partial charge in [0, 0.05) is 33.6 Å². The second-order valence-electron chi connectivity index (χ2n) is 16.3. The van der Waals surface area contributed by atoms with Gasteiger partial charge in [-0.25, -0.2) is 0 Å². The van der Waals surface area contributed by atoms with Gasteiger partial charge < -0.3 is 4.57 Å². The molecule has 0 bridgehead atoms. The summed E-state index contributed by atoms with van der Waals surface area (Å²) >= 11 is 0. The molecule has 0 saturated heterocycles. The Labute approximate surface area is 351 Å². The van der Waals surface area contributed by atoms with Crippen LogP contribution in [-0.4, -0.2) is 9.55 Å².